The second-order valence-electron chi connectivity index (χ2n) is 5.32. The van der Waals surface area contributed by atoms with Crippen molar-refractivity contribution in [2.24, 2.45) is 10.2 Å². The molecule has 1 unspecified atom stereocenters. The Morgan fingerprint density at radius 2 is 2.22 bits per heavy atom. The maximum atomic E-state index is 11.6. The Hall–Kier alpha value is -2.88. The van der Waals surface area contributed by atoms with E-state index < -0.39 is 17.1 Å². The summed E-state index contributed by atoms with van der Waals surface area (Å²) in [4.78, 5) is 33.6. The van der Waals surface area contributed by atoms with Crippen LogP contribution in [0.3, 0.4) is 0 Å². The van der Waals surface area contributed by atoms with E-state index in [2.05, 4.69) is 15.5 Å². The predicted octanol–water partition coefficient (Wildman–Crippen LogP) is 1.41. The molecule has 0 bridgehead atoms. The van der Waals surface area contributed by atoms with Gasteiger partial charge < -0.3 is 19.9 Å². The average Bonchev–Trinajstić information content (AvgIpc) is 2.94. The van der Waals surface area contributed by atoms with Gasteiger partial charge in [-0.3, -0.25) is 14.4 Å². The molecule has 9 nitrogen and oxygen atoms in total. The fourth-order valence-corrected chi connectivity index (χ4v) is 2.98. The standard InChI is InChI=1S/C17H19N3O6S/c1-2-25-15(23)6-7-26-12-5-3-4-11(8-12)10-18-20-17-19-16(24)13(27-17)9-14(21)22/h3-5,8,10,13H,2,6-7,9H2,1H3,(H,21,22)(H,19,20,24). The molecule has 144 valence electrons. The van der Waals surface area contributed by atoms with Gasteiger partial charge in [0.25, 0.3) is 0 Å². The van der Waals surface area contributed by atoms with Gasteiger partial charge in [0.1, 0.15) is 11.0 Å². The van der Waals surface area contributed by atoms with Gasteiger partial charge in [0.2, 0.25) is 5.91 Å². The van der Waals surface area contributed by atoms with Crippen LogP contribution in [0.15, 0.2) is 34.5 Å². The van der Waals surface area contributed by atoms with E-state index in [1.807, 2.05) is 0 Å². The number of carboxylic acid groups (broad SMARTS) is 1. The Bertz CT molecular complexity index is 765. The zero-order chi connectivity index (χ0) is 19.6. The van der Waals surface area contributed by atoms with E-state index in [9.17, 15) is 14.4 Å². The number of nitrogens with zero attached hydrogens (tertiary/aromatic N) is 2. The molecule has 0 aromatic heterocycles. The summed E-state index contributed by atoms with van der Waals surface area (Å²) in [5.74, 6) is -1.19. The molecule has 0 saturated carbocycles. The highest BCUT2D eigenvalue weighted by atomic mass is 32.2. The van der Waals surface area contributed by atoms with Gasteiger partial charge in [-0.2, -0.15) is 5.10 Å². The first-order valence-electron chi connectivity index (χ1n) is 8.16. The smallest absolute Gasteiger partial charge is 0.309 e. The normalized spacial score (nSPS) is 17.9. The molecule has 1 aromatic rings. The first-order valence-corrected chi connectivity index (χ1v) is 9.04. The van der Waals surface area contributed by atoms with Crippen LogP contribution in [-0.2, 0) is 19.1 Å². The van der Waals surface area contributed by atoms with Gasteiger partial charge in [-0.15, -0.1) is 5.10 Å². The summed E-state index contributed by atoms with van der Waals surface area (Å²) in [7, 11) is 0. The van der Waals surface area contributed by atoms with Crippen LogP contribution < -0.4 is 10.1 Å². The van der Waals surface area contributed by atoms with E-state index in [0.29, 0.717) is 17.9 Å². The second kappa shape index (κ2) is 10.3. The number of aliphatic carboxylic acids is 1. The fraction of sp³-hybridized carbons (Fsp3) is 0.353. The minimum Gasteiger partial charge on any atom is -0.493 e. The summed E-state index contributed by atoms with van der Waals surface area (Å²) in [5, 5.41) is 18.6. The second-order valence-corrected chi connectivity index (χ2v) is 6.51. The van der Waals surface area contributed by atoms with E-state index in [0.717, 1.165) is 11.8 Å². The Balaban J connectivity index is 1.87. The lowest BCUT2D eigenvalue weighted by Crippen LogP contribution is -2.26. The Morgan fingerprint density at radius 3 is 2.96 bits per heavy atom. The Labute approximate surface area is 159 Å². The number of esters is 1. The highest BCUT2D eigenvalue weighted by molar-refractivity contribution is 8.15. The van der Waals surface area contributed by atoms with Gasteiger partial charge in [-0.05, 0) is 24.6 Å². The summed E-state index contributed by atoms with van der Waals surface area (Å²) in [6.45, 7) is 2.28. The number of ether oxygens (including phenoxy) is 2. The van der Waals surface area contributed by atoms with Crippen LogP contribution >= 0.6 is 11.8 Å². The SMILES string of the molecule is CCOC(=O)CCOc1cccc(C=NN=C2NC(=O)C(CC(=O)O)S2)c1. The summed E-state index contributed by atoms with van der Waals surface area (Å²) in [6.07, 6.45) is 1.36. The van der Waals surface area contributed by atoms with Crippen molar-refractivity contribution >= 4 is 41.0 Å². The molecule has 10 heteroatoms. The predicted molar refractivity (Wildman–Crippen MR) is 100.0 cm³/mol. The number of amidine groups is 1. The minimum absolute atomic E-state index is 0.161. The molecule has 0 spiro atoms. The highest BCUT2D eigenvalue weighted by Crippen LogP contribution is 2.22. The molecular weight excluding hydrogens is 374 g/mol. The van der Waals surface area contributed by atoms with E-state index in [1.54, 1.807) is 31.2 Å². The first-order chi connectivity index (χ1) is 13.0. The molecule has 1 heterocycles. The van der Waals surface area contributed by atoms with Gasteiger partial charge in [-0.25, -0.2) is 0 Å². The average molecular weight is 393 g/mol. The molecule has 0 aliphatic carbocycles. The van der Waals surface area contributed by atoms with Crippen molar-refractivity contribution in [3.8, 4) is 5.75 Å². The molecular formula is C17H19N3O6S. The maximum Gasteiger partial charge on any atom is 0.309 e. The van der Waals surface area contributed by atoms with Crippen LogP contribution in [0.4, 0.5) is 0 Å². The lowest BCUT2D eigenvalue weighted by molar-refractivity contribution is -0.143. The monoisotopic (exact) mass is 393 g/mol. The molecule has 1 saturated heterocycles. The third-order valence-electron chi connectivity index (χ3n) is 3.23. The van der Waals surface area contributed by atoms with Crippen molar-refractivity contribution in [1.82, 2.24) is 5.32 Å². The molecule has 0 radical (unpaired) electrons. The zero-order valence-electron chi connectivity index (χ0n) is 14.6. The van der Waals surface area contributed by atoms with Gasteiger partial charge in [-0.1, -0.05) is 23.9 Å². The van der Waals surface area contributed by atoms with Gasteiger partial charge in [0, 0.05) is 0 Å². The molecule has 1 amide bonds. The lowest BCUT2D eigenvalue weighted by Gasteiger charge is -2.06. The van der Waals surface area contributed by atoms with Crippen molar-refractivity contribution in [2.75, 3.05) is 13.2 Å². The number of amides is 1. The topological polar surface area (TPSA) is 127 Å². The molecule has 2 N–H and O–H groups in total. The molecule has 27 heavy (non-hydrogen) atoms. The van der Waals surface area contributed by atoms with Gasteiger partial charge >= 0.3 is 11.9 Å². The van der Waals surface area contributed by atoms with Gasteiger partial charge in [0.05, 0.1) is 32.3 Å². The van der Waals surface area contributed by atoms with E-state index >= 15 is 0 Å². The van der Waals surface area contributed by atoms with E-state index in [4.69, 9.17) is 14.6 Å². The van der Waals surface area contributed by atoms with Crippen LogP contribution in [0.25, 0.3) is 0 Å². The molecule has 1 aliphatic heterocycles. The third-order valence-corrected chi connectivity index (χ3v) is 4.30. The Morgan fingerprint density at radius 1 is 1.41 bits per heavy atom. The summed E-state index contributed by atoms with van der Waals surface area (Å²) in [6, 6.07) is 7.03. The number of thioether (sulfide) groups is 1. The number of nitrogens with one attached hydrogen (secondary N) is 1. The number of rotatable bonds is 9. The quantitative estimate of drug-likeness (QED) is 0.369. The first kappa shape index (κ1) is 20.4. The summed E-state index contributed by atoms with van der Waals surface area (Å²) in [5.41, 5.74) is 0.712. The van der Waals surface area contributed by atoms with Crippen LogP contribution in [0.5, 0.6) is 5.75 Å². The number of carboxylic acids is 1. The molecule has 2 rings (SSSR count). The number of carbonyl (C=O) groups is 3. The van der Waals surface area contributed by atoms with Crippen LogP contribution in [0.2, 0.25) is 0 Å². The van der Waals surface area contributed by atoms with Crippen LogP contribution in [0.1, 0.15) is 25.3 Å². The van der Waals surface area contributed by atoms with E-state index in [-0.39, 0.29) is 30.6 Å². The lowest BCUT2D eigenvalue weighted by atomic mass is 10.2. The van der Waals surface area contributed by atoms with Crippen molar-refractivity contribution in [3.63, 3.8) is 0 Å². The van der Waals surface area contributed by atoms with E-state index in [1.165, 1.54) is 6.21 Å². The molecule has 1 atom stereocenters. The van der Waals surface area contributed by atoms with Gasteiger partial charge in [0.15, 0.2) is 5.17 Å². The third kappa shape index (κ3) is 7.10. The number of carbonyl (C=O) groups excluding carboxylic acids is 2. The zero-order valence-corrected chi connectivity index (χ0v) is 15.4. The van der Waals surface area contributed by atoms with Crippen molar-refractivity contribution < 1.29 is 29.0 Å². The van der Waals surface area contributed by atoms with Crippen molar-refractivity contribution in [2.45, 2.75) is 25.0 Å². The van der Waals surface area contributed by atoms with Crippen molar-refractivity contribution in [1.29, 1.82) is 0 Å². The summed E-state index contributed by atoms with van der Waals surface area (Å²) >= 11 is 1.03. The molecule has 1 aliphatic rings. The van der Waals surface area contributed by atoms with Crippen molar-refractivity contribution in [3.05, 3.63) is 29.8 Å². The fourth-order valence-electron chi connectivity index (χ4n) is 2.06. The molecule has 1 fully saturated rings. The maximum absolute atomic E-state index is 11.6. The van der Waals surface area contributed by atoms with Crippen LogP contribution in [0, 0.1) is 0 Å². The molecule has 1 aromatic carbocycles. The minimum atomic E-state index is -1.05. The summed E-state index contributed by atoms with van der Waals surface area (Å²) < 4.78 is 10.3. The largest absolute Gasteiger partial charge is 0.493 e. The van der Waals surface area contributed by atoms with Crippen LogP contribution in [-0.4, -0.2) is 52.8 Å². The Kier molecular flexibility index (Phi) is 7.80. The number of hydrogen-bond acceptors (Lipinski definition) is 8. The highest BCUT2D eigenvalue weighted by Gasteiger charge is 2.32. The number of hydrogen-bond donors (Lipinski definition) is 2. The number of benzene rings is 1.